The third-order valence-corrected chi connectivity index (χ3v) is 2.75. The topological polar surface area (TPSA) is 88.2 Å². The lowest BCUT2D eigenvalue weighted by atomic mass is 10.1. The number of rotatable bonds is 7. The minimum atomic E-state index is -0.417. The summed E-state index contributed by atoms with van der Waals surface area (Å²) in [5.74, 6) is 0.621. The second-order valence-corrected chi connectivity index (χ2v) is 5.76. The Balaban J connectivity index is 2.84. The normalized spacial score (nSPS) is 11.0. The van der Waals surface area contributed by atoms with Crippen molar-refractivity contribution >= 4 is 5.69 Å². The van der Waals surface area contributed by atoms with Crippen LogP contribution in [0.1, 0.15) is 39.2 Å². The molecule has 0 atom stereocenters. The lowest BCUT2D eigenvalue weighted by molar-refractivity contribution is -0.384. The van der Waals surface area contributed by atoms with E-state index >= 15 is 0 Å². The van der Waals surface area contributed by atoms with E-state index in [0.29, 0.717) is 31.7 Å². The predicted molar refractivity (Wildman–Crippen MR) is 80.0 cm³/mol. The molecule has 0 saturated heterocycles. The summed E-state index contributed by atoms with van der Waals surface area (Å²) in [6.07, 6.45) is 1.07. The van der Waals surface area contributed by atoms with Gasteiger partial charge in [-0.15, -0.1) is 0 Å². The number of unbranched alkanes of at least 4 members (excludes halogenated alkanes) is 1. The number of hydrogen-bond acceptors (Lipinski definition) is 5. The van der Waals surface area contributed by atoms with E-state index in [2.05, 4.69) is 11.4 Å². The van der Waals surface area contributed by atoms with Crippen LogP contribution in [0.2, 0.25) is 0 Å². The second kappa shape index (κ2) is 7.60. The van der Waals surface area contributed by atoms with Crippen molar-refractivity contribution in [2.75, 3.05) is 6.61 Å². The van der Waals surface area contributed by atoms with Crippen molar-refractivity contribution in [3.05, 3.63) is 33.9 Å². The van der Waals surface area contributed by atoms with Gasteiger partial charge in [-0.05, 0) is 33.3 Å². The van der Waals surface area contributed by atoms with E-state index in [0.717, 1.165) is 5.56 Å². The summed E-state index contributed by atoms with van der Waals surface area (Å²) in [5.41, 5.74) is 0.698. The van der Waals surface area contributed by atoms with E-state index in [-0.39, 0.29) is 11.2 Å². The van der Waals surface area contributed by atoms with Gasteiger partial charge in [-0.1, -0.05) is 0 Å². The second-order valence-electron chi connectivity index (χ2n) is 5.76. The third-order valence-electron chi connectivity index (χ3n) is 2.75. The van der Waals surface area contributed by atoms with Gasteiger partial charge in [0.1, 0.15) is 5.75 Å². The number of non-ortho nitro benzene ring substituents is 1. The Morgan fingerprint density at radius 2 is 2.14 bits per heavy atom. The van der Waals surface area contributed by atoms with Crippen LogP contribution < -0.4 is 10.1 Å². The SMILES string of the molecule is CC(C)(C)NCc1cc([N+](=O)[O-])ccc1OCCCC#N. The van der Waals surface area contributed by atoms with Gasteiger partial charge in [0.15, 0.2) is 0 Å². The number of nitriles is 1. The van der Waals surface area contributed by atoms with Gasteiger partial charge in [0, 0.05) is 36.2 Å². The van der Waals surface area contributed by atoms with Gasteiger partial charge in [-0.3, -0.25) is 10.1 Å². The fourth-order valence-electron chi connectivity index (χ4n) is 1.65. The molecule has 1 N–H and O–H groups in total. The first kappa shape index (κ1) is 16.9. The Kier molecular flexibility index (Phi) is 6.12. The molecule has 0 aliphatic carbocycles. The summed E-state index contributed by atoms with van der Waals surface area (Å²) in [7, 11) is 0. The summed E-state index contributed by atoms with van der Waals surface area (Å²) < 4.78 is 5.63. The zero-order chi connectivity index (χ0) is 15.9. The Bertz CT molecular complexity index is 530. The molecule has 0 spiro atoms. The zero-order valence-electron chi connectivity index (χ0n) is 12.7. The molecule has 0 amide bonds. The van der Waals surface area contributed by atoms with Crippen LogP contribution in [0.3, 0.4) is 0 Å². The molecular weight excluding hydrogens is 270 g/mol. The van der Waals surface area contributed by atoms with Crippen LogP contribution >= 0.6 is 0 Å². The monoisotopic (exact) mass is 291 g/mol. The first-order valence-corrected chi connectivity index (χ1v) is 6.85. The zero-order valence-corrected chi connectivity index (χ0v) is 12.7. The van der Waals surface area contributed by atoms with Crippen LogP contribution in [-0.2, 0) is 6.54 Å². The van der Waals surface area contributed by atoms with E-state index in [9.17, 15) is 10.1 Å². The molecule has 0 unspecified atom stereocenters. The van der Waals surface area contributed by atoms with Crippen LogP contribution in [0.25, 0.3) is 0 Å². The number of nitrogens with one attached hydrogen (secondary N) is 1. The number of nitro benzene ring substituents is 1. The van der Waals surface area contributed by atoms with Crippen molar-refractivity contribution < 1.29 is 9.66 Å². The summed E-state index contributed by atoms with van der Waals surface area (Å²) in [6.45, 7) is 6.99. The number of nitro groups is 1. The standard InChI is InChI=1S/C15H21N3O3/c1-15(2,3)17-11-12-10-13(18(19)20)6-7-14(12)21-9-5-4-8-16/h6-7,10,17H,4-5,9,11H2,1-3H3. The van der Waals surface area contributed by atoms with Crippen molar-refractivity contribution in [3.8, 4) is 11.8 Å². The molecule has 1 aromatic rings. The Morgan fingerprint density at radius 3 is 2.71 bits per heavy atom. The lowest BCUT2D eigenvalue weighted by Gasteiger charge is -2.21. The highest BCUT2D eigenvalue weighted by atomic mass is 16.6. The van der Waals surface area contributed by atoms with Gasteiger partial charge in [0.05, 0.1) is 17.6 Å². The van der Waals surface area contributed by atoms with Crippen molar-refractivity contribution in [2.24, 2.45) is 0 Å². The van der Waals surface area contributed by atoms with E-state index in [1.807, 2.05) is 20.8 Å². The van der Waals surface area contributed by atoms with Crippen molar-refractivity contribution in [1.82, 2.24) is 5.32 Å². The van der Waals surface area contributed by atoms with E-state index in [1.165, 1.54) is 12.1 Å². The molecule has 6 heteroatoms. The molecule has 0 fully saturated rings. The van der Waals surface area contributed by atoms with Crippen LogP contribution in [-0.4, -0.2) is 17.1 Å². The largest absolute Gasteiger partial charge is 0.493 e. The van der Waals surface area contributed by atoms with Crippen LogP contribution in [0.5, 0.6) is 5.75 Å². The molecule has 0 radical (unpaired) electrons. The van der Waals surface area contributed by atoms with Crippen LogP contribution in [0.15, 0.2) is 18.2 Å². The van der Waals surface area contributed by atoms with Crippen molar-refractivity contribution in [3.63, 3.8) is 0 Å². The molecule has 6 nitrogen and oxygen atoms in total. The maximum absolute atomic E-state index is 10.9. The minimum absolute atomic E-state index is 0.0464. The first-order chi connectivity index (χ1) is 9.83. The summed E-state index contributed by atoms with van der Waals surface area (Å²) in [5, 5.41) is 22.7. The number of ether oxygens (including phenoxy) is 1. The number of hydrogen-bond donors (Lipinski definition) is 1. The van der Waals surface area contributed by atoms with E-state index < -0.39 is 4.92 Å². The molecule has 114 valence electrons. The third kappa shape index (κ3) is 6.23. The number of nitrogens with zero attached hydrogens (tertiary/aromatic N) is 2. The molecule has 21 heavy (non-hydrogen) atoms. The van der Waals surface area contributed by atoms with Gasteiger partial charge < -0.3 is 10.1 Å². The fourth-order valence-corrected chi connectivity index (χ4v) is 1.65. The van der Waals surface area contributed by atoms with E-state index in [4.69, 9.17) is 10.00 Å². The van der Waals surface area contributed by atoms with Gasteiger partial charge in [0.25, 0.3) is 5.69 Å². The minimum Gasteiger partial charge on any atom is -0.493 e. The predicted octanol–water partition coefficient (Wildman–Crippen LogP) is 3.17. The molecule has 0 heterocycles. The molecule has 0 saturated carbocycles. The van der Waals surface area contributed by atoms with Gasteiger partial charge in [-0.2, -0.15) is 5.26 Å². The first-order valence-electron chi connectivity index (χ1n) is 6.85. The molecular formula is C15H21N3O3. The van der Waals surface area contributed by atoms with Crippen LogP contribution in [0, 0.1) is 21.4 Å². The van der Waals surface area contributed by atoms with E-state index in [1.54, 1.807) is 6.07 Å². The molecule has 1 aromatic carbocycles. The van der Waals surface area contributed by atoms with Crippen molar-refractivity contribution in [2.45, 2.75) is 45.7 Å². The Hall–Kier alpha value is -2.13. The molecule has 0 bridgehead atoms. The van der Waals surface area contributed by atoms with Crippen LogP contribution in [0.4, 0.5) is 5.69 Å². The number of benzene rings is 1. The maximum atomic E-state index is 10.9. The van der Waals surface area contributed by atoms with Crippen molar-refractivity contribution in [1.29, 1.82) is 5.26 Å². The van der Waals surface area contributed by atoms with Gasteiger partial charge in [0.2, 0.25) is 0 Å². The Morgan fingerprint density at radius 1 is 1.43 bits per heavy atom. The summed E-state index contributed by atoms with van der Waals surface area (Å²) in [4.78, 5) is 10.5. The highest BCUT2D eigenvalue weighted by Crippen LogP contribution is 2.25. The quantitative estimate of drug-likeness (QED) is 0.473. The molecule has 0 aromatic heterocycles. The molecule has 1 rings (SSSR count). The van der Waals surface area contributed by atoms with Gasteiger partial charge >= 0.3 is 0 Å². The highest BCUT2D eigenvalue weighted by Gasteiger charge is 2.15. The fraction of sp³-hybridized carbons (Fsp3) is 0.533. The maximum Gasteiger partial charge on any atom is 0.270 e. The molecule has 0 aliphatic rings. The smallest absolute Gasteiger partial charge is 0.270 e. The average molecular weight is 291 g/mol. The summed E-state index contributed by atoms with van der Waals surface area (Å²) in [6, 6.07) is 6.63. The highest BCUT2D eigenvalue weighted by molar-refractivity contribution is 5.43. The average Bonchev–Trinajstić information content (AvgIpc) is 2.41. The summed E-state index contributed by atoms with van der Waals surface area (Å²) >= 11 is 0. The van der Waals surface area contributed by atoms with Gasteiger partial charge in [-0.25, -0.2) is 0 Å². The lowest BCUT2D eigenvalue weighted by Crippen LogP contribution is -2.35. The molecule has 0 aliphatic heterocycles. The Labute approximate surface area is 124 Å².